The highest BCUT2D eigenvalue weighted by atomic mass is 16.5. The van der Waals surface area contributed by atoms with E-state index in [4.69, 9.17) is 9.47 Å². The molecule has 3 atom stereocenters. The molecule has 1 aliphatic heterocycles. The summed E-state index contributed by atoms with van der Waals surface area (Å²) in [4.78, 5) is 0. The van der Waals surface area contributed by atoms with Gasteiger partial charge in [-0.1, -0.05) is 48.9 Å². The number of nitrogens with one attached hydrogen (secondary N) is 2. The molecule has 2 fully saturated rings. The Bertz CT molecular complexity index is 698. The third kappa shape index (κ3) is 5.34. The van der Waals surface area contributed by atoms with Crippen molar-refractivity contribution in [1.29, 1.82) is 0 Å². The van der Waals surface area contributed by atoms with Gasteiger partial charge in [-0.25, -0.2) is 0 Å². The fraction of sp³-hybridized carbons (Fsp3) is 0.500. The average Bonchev–Trinajstić information content (AvgIpc) is 3.23. The van der Waals surface area contributed by atoms with E-state index in [9.17, 15) is 0 Å². The van der Waals surface area contributed by atoms with Crippen LogP contribution in [-0.4, -0.2) is 38.4 Å². The Labute approximate surface area is 168 Å². The lowest BCUT2D eigenvalue weighted by atomic mass is 9.94. The smallest absolute Gasteiger partial charge is 0.119 e. The van der Waals surface area contributed by atoms with Gasteiger partial charge in [0.05, 0.1) is 13.2 Å². The van der Waals surface area contributed by atoms with E-state index in [0.717, 1.165) is 38.5 Å². The van der Waals surface area contributed by atoms with E-state index < -0.39 is 0 Å². The Morgan fingerprint density at radius 2 is 1.86 bits per heavy atom. The minimum Gasteiger partial charge on any atom is -0.489 e. The molecule has 2 aromatic carbocycles. The first-order chi connectivity index (χ1) is 13.9. The van der Waals surface area contributed by atoms with Crippen molar-refractivity contribution in [2.45, 2.75) is 44.4 Å². The minimum atomic E-state index is 0.523. The van der Waals surface area contributed by atoms with Crippen molar-refractivity contribution in [3.05, 3.63) is 65.7 Å². The summed E-state index contributed by atoms with van der Waals surface area (Å²) in [5.74, 6) is 1.63. The van der Waals surface area contributed by atoms with Crippen molar-refractivity contribution in [1.82, 2.24) is 10.6 Å². The zero-order chi connectivity index (χ0) is 19.0. The summed E-state index contributed by atoms with van der Waals surface area (Å²) < 4.78 is 11.6. The third-order valence-electron chi connectivity index (χ3n) is 6.03. The summed E-state index contributed by atoms with van der Waals surface area (Å²) in [7, 11) is 0. The highest BCUT2D eigenvalue weighted by Crippen LogP contribution is 2.29. The van der Waals surface area contributed by atoms with Gasteiger partial charge in [0.1, 0.15) is 12.4 Å². The minimum absolute atomic E-state index is 0.523. The second-order valence-electron chi connectivity index (χ2n) is 7.96. The molecule has 2 N–H and O–H groups in total. The van der Waals surface area contributed by atoms with Crippen LogP contribution in [0.25, 0.3) is 0 Å². The van der Waals surface area contributed by atoms with E-state index in [1.807, 2.05) is 18.2 Å². The molecule has 2 aliphatic rings. The highest BCUT2D eigenvalue weighted by molar-refractivity contribution is 5.28. The first-order valence-electron chi connectivity index (χ1n) is 10.7. The second kappa shape index (κ2) is 10.1. The summed E-state index contributed by atoms with van der Waals surface area (Å²) in [6.45, 7) is 4.36. The van der Waals surface area contributed by atoms with E-state index >= 15 is 0 Å². The van der Waals surface area contributed by atoms with Gasteiger partial charge < -0.3 is 20.1 Å². The van der Waals surface area contributed by atoms with E-state index in [1.165, 1.54) is 30.4 Å². The van der Waals surface area contributed by atoms with Crippen LogP contribution in [0, 0.1) is 5.92 Å². The maximum atomic E-state index is 5.88. The van der Waals surface area contributed by atoms with Gasteiger partial charge in [0, 0.05) is 18.6 Å². The van der Waals surface area contributed by atoms with Crippen molar-refractivity contribution < 1.29 is 9.47 Å². The van der Waals surface area contributed by atoms with Crippen LogP contribution in [-0.2, 0) is 17.8 Å². The fourth-order valence-electron chi connectivity index (χ4n) is 4.48. The fourth-order valence-corrected chi connectivity index (χ4v) is 4.48. The van der Waals surface area contributed by atoms with Crippen molar-refractivity contribution in [2.24, 2.45) is 5.92 Å². The van der Waals surface area contributed by atoms with Gasteiger partial charge in [-0.15, -0.1) is 0 Å². The van der Waals surface area contributed by atoms with Gasteiger partial charge in [0.25, 0.3) is 0 Å². The van der Waals surface area contributed by atoms with Gasteiger partial charge in [-0.05, 0) is 55.0 Å². The van der Waals surface area contributed by atoms with Crippen molar-refractivity contribution >= 4 is 0 Å². The van der Waals surface area contributed by atoms with Crippen LogP contribution >= 0.6 is 0 Å². The normalized spacial score (nSPS) is 24.9. The molecule has 4 nitrogen and oxygen atoms in total. The number of ether oxygens (including phenoxy) is 2. The average molecular weight is 381 g/mol. The molecule has 28 heavy (non-hydrogen) atoms. The Kier molecular flexibility index (Phi) is 6.98. The standard InChI is InChI=1S/C24H32N2O2/c1-2-5-20(6-3-1)17-28-21-11-9-19(10-12-21)13-14-25-23-8-4-7-22(23)24-18-27-16-15-26-24/h1-3,5-6,9-12,22-26H,4,7-8,13-18H2. The monoisotopic (exact) mass is 380 g/mol. The number of hydrogen-bond acceptors (Lipinski definition) is 4. The Balaban J connectivity index is 1.20. The van der Waals surface area contributed by atoms with Gasteiger partial charge >= 0.3 is 0 Å². The molecule has 4 heteroatoms. The largest absolute Gasteiger partial charge is 0.489 e. The summed E-state index contributed by atoms with van der Waals surface area (Å²) in [5.41, 5.74) is 2.55. The lowest BCUT2D eigenvalue weighted by molar-refractivity contribution is 0.0526. The molecule has 1 saturated carbocycles. The molecule has 2 aromatic rings. The number of morpholine rings is 1. The van der Waals surface area contributed by atoms with Crippen molar-refractivity contribution in [2.75, 3.05) is 26.3 Å². The topological polar surface area (TPSA) is 42.5 Å². The molecule has 0 aromatic heterocycles. The van der Waals surface area contributed by atoms with Gasteiger partial charge in [0.2, 0.25) is 0 Å². The van der Waals surface area contributed by atoms with E-state index in [2.05, 4.69) is 47.0 Å². The molecule has 1 heterocycles. The maximum absolute atomic E-state index is 5.88. The lowest BCUT2D eigenvalue weighted by Gasteiger charge is -2.33. The van der Waals surface area contributed by atoms with E-state index in [-0.39, 0.29) is 0 Å². The Morgan fingerprint density at radius 1 is 1.00 bits per heavy atom. The molecule has 4 rings (SSSR count). The number of rotatable bonds is 8. The Hall–Kier alpha value is -1.88. The van der Waals surface area contributed by atoms with Crippen LogP contribution in [0.4, 0.5) is 0 Å². The van der Waals surface area contributed by atoms with Gasteiger partial charge in [-0.3, -0.25) is 0 Å². The third-order valence-corrected chi connectivity index (χ3v) is 6.03. The van der Waals surface area contributed by atoms with Crippen LogP contribution in [0.15, 0.2) is 54.6 Å². The summed E-state index contributed by atoms with van der Waals surface area (Å²) in [6.07, 6.45) is 4.98. The van der Waals surface area contributed by atoms with Crippen LogP contribution in [0.5, 0.6) is 5.75 Å². The van der Waals surface area contributed by atoms with Crippen molar-refractivity contribution in [3.63, 3.8) is 0 Å². The predicted octanol–water partition coefficient (Wildman–Crippen LogP) is 3.55. The second-order valence-corrected chi connectivity index (χ2v) is 7.96. The molecule has 0 spiro atoms. The maximum Gasteiger partial charge on any atom is 0.119 e. The molecule has 1 aliphatic carbocycles. The first kappa shape index (κ1) is 19.4. The number of benzene rings is 2. The molecule has 3 unspecified atom stereocenters. The summed E-state index contributed by atoms with van der Waals surface area (Å²) in [5, 5.41) is 7.46. The molecule has 0 bridgehead atoms. The molecule has 1 saturated heterocycles. The Morgan fingerprint density at radius 3 is 2.64 bits per heavy atom. The molecule has 0 radical (unpaired) electrons. The zero-order valence-electron chi connectivity index (χ0n) is 16.6. The highest BCUT2D eigenvalue weighted by Gasteiger charge is 2.34. The van der Waals surface area contributed by atoms with Gasteiger partial charge in [-0.2, -0.15) is 0 Å². The summed E-state index contributed by atoms with van der Waals surface area (Å²) in [6, 6.07) is 20.0. The van der Waals surface area contributed by atoms with E-state index in [0.29, 0.717) is 24.6 Å². The van der Waals surface area contributed by atoms with Crippen LogP contribution < -0.4 is 15.4 Å². The first-order valence-corrected chi connectivity index (χ1v) is 10.7. The SMILES string of the molecule is c1ccc(COc2ccc(CCNC3CCCC3C3COCCN3)cc2)cc1. The molecule has 150 valence electrons. The van der Waals surface area contributed by atoms with E-state index in [1.54, 1.807) is 0 Å². The lowest BCUT2D eigenvalue weighted by Crippen LogP contribution is -2.51. The molecular formula is C24H32N2O2. The van der Waals surface area contributed by atoms with Gasteiger partial charge in [0.15, 0.2) is 0 Å². The summed E-state index contributed by atoms with van der Waals surface area (Å²) >= 11 is 0. The van der Waals surface area contributed by atoms with Crippen molar-refractivity contribution in [3.8, 4) is 5.75 Å². The van der Waals surface area contributed by atoms with Crippen LogP contribution in [0.3, 0.4) is 0 Å². The zero-order valence-corrected chi connectivity index (χ0v) is 16.6. The predicted molar refractivity (Wildman–Crippen MR) is 113 cm³/mol. The quantitative estimate of drug-likeness (QED) is 0.735. The molecular weight excluding hydrogens is 348 g/mol. The van der Waals surface area contributed by atoms with Crippen LogP contribution in [0.1, 0.15) is 30.4 Å². The van der Waals surface area contributed by atoms with Crippen LogP contribution in [0.2, 0.25) is 0 Å². The number of hydrogen-bond donors (Lipinski definition) is 2. The molecule has 0 amide bonds.